The summed E-state index contributed by atoms with van der Waals surface area (Å²) in [5.74, 6) is -2.20. The molecule has 0 saturated carbocycles. The molecule has 2 N–H and O–H groups in total. The van der Waals surface area contributed by atoms with E-state index in [0.29, 0.717) is 5.56 Å². The SMILES string of the molecule is COC(CC(=O)c1ccc(C)cc1)(OC)c1c(O)cccc1O. The van der Waals surface area contributed by atoms with Crippen molar-refractivity contribution < 1.29 is 24.5 Å². The van der Waals surface area contributed by atoms with E-state index in [4.69, 9.17) is 9.47 Å². The first-order valence-corrected chi connectivity index (χ1v) is 7.15. The van der Waals surface area contributed by atoms with Gasteiger partial charge in [0.25, 0.3) is 0 Å². The van der Waals surface area contributed by atoms with Gasteiger partial charge in [0.1, 0.15) is 11.5 Å². The van der Waals surface area contributed by atoms with Crippen molar-refractivity contribution in [3.63, 3.8) is 0 Å². The number of carbonyl (C=O) groups is 1. The number of ketones is 1. The van der Waals surface area contributed by atoms with Crippen LogP contribution in [0.3, 0.4) is 0 Å². The Labute approximate surface area is 135 Å². The molecule has 5 nitrogen and oxygen atoms in total. The number of rotatable bonds is 6. The highest BCUT2D eigenvalue weighted by Gasteiger charge is 2.40. The van der Waals surface area contributed by atoms with E-state index < -0.39 is 5.79 Å². The summed E-state index contributed by atoms with van der Waals surface area (Å²) in [5, 5.41) is 20.2. The zero-order valence-electron chi connectivity index (χ0n) is 13.4. The molecule has 0 aliphatic carbocycles. The lowest BCUT2D eigenvalue weighted by Crippen LogP contribution is -2.34. The van der Waals surface area contributed by atoms with Gasteiger partial charge in [-0.3, -0.25) is 4.79 Å². The lowest BCUT2D eigenvalue weighted by molar-refractivity contribution is -0.214. The maximum absolute atomic E-state index is 12.6. The summed E-state index contributed by atoms with van der Waals surface area (Å²) in [6.45, 7) is 1.93. The van der Waals surface area contributed by atoms with Crippen LogP contribution in [0, 0.1) is 6.92 Å². The van der Waals surface area contributed by atoms with Crippen LogP contribution in [-0.2, 0) is 15.3 Å². The van der Waals surface area contributed by atoms with Crippen LogP contribution in [0.25, 0.3) is 0 Å². The van der Waals surface area contributed by atoms with Crippen LogP contribution in [0.2, 0.25) is 0 Å². The van der Waals surface area contributed by atoms with Gasteiger partial charge >= 0.3 is 0 Å². The van der Waals surface area contributed by atoms with Gasteiger partial charge in [0.2, 0.25) is 5.79 Å². The first kappa shape index (κ1) is 17.0. The molecule has 0 saturated heterocycles. The first-order chi connectivity index (χ1) is 10.9. The third kappa shape index (κ3) is 3.36. The number of Topliss-reactive ketones (excluding diaryl/α,β-unsaturated/α-hetero) is 1. The van der Waals surface area contributed by atoms with E-state index in [1.807, 2.05) is 19.1 Å². The fourth-order valence-corrected chi connectivity index (χ4v) is 2.49. The standard InChI is InChI=1S/C18H20O5/c1-12-7-9-13(10-8-12)16(21)11-18(22-2,23-3)17-14(19)5-4-6-15(17)20/h4-10,19-20H,11H2,1-3H3. The summed E-state index contributed by atoms with van der Waals surface area (Å²) in [7, 11) is 2.72. The largest absolute Gasteiger partial charge is 0.507 e. The van der Waals surface area contributed by atoms with Gasteiger partial charge in [0.15, 0.2) is 5.78 Å². The van der Waals surface area contributed by atoms with Gasteiger partial charge in [-0.2, -0.15) is 0 Å². The first-order valence-electron chi connectivity index (χ1n) is 7.15. The molecule has 0 aliphatic rings. The predicted octanol–water partition coefficient (Wildman–Crippen LogP) is 3.12. The maximum atomic E-state index is 12.6. The number of aromatic hydroxyl groups is 2. The fraction of sp³-hybridized carbons (Fsp3) is 0.278. The number of benzene rings is 2. The second kappa shape index (κ2) is 6.81. The van der Waals surface area contributed by atoms with E-state index in [2.05, 4.69) is 0 Å². The number of hydrogen-bond acceptors (Lipinski definition) is 5. The minimum absolute atomic E-state index is 0.0328. The van der Waals surface area contributed by atoms with Crippen molar-refractivity contribution in [2.75, 3.05) is 14.2 Å². The average Bonchev–Trinajstić information content (AvgIpc) is 2.54. The maximum Gasteiger partial charge on any atom is 0.209 e. The van der Waals surface area contributed by atoms with Gasteiger partial charge in [-0.25, -0.2) is 0 Å². The van der Waals surface area contributed by atoms with Gasteiger partial charge in [-0.05, 0) is 19.1 Å². The summed E-state index contributed by atoms with van der Waals surface area (Å²) in [6.07, 6.45) is -0.186. The summed E-state index contributed by atoms with van der Waals surface area (Å²) in [4.78, 5) is 12.6. The Morgan fingerprint density at radius 2 is 1.52 bits per heavy atom. The smallest absolute Gasteiger partial charge is 0.209 e. The van der Waals surface area contributed by atoms with Crippen molar-refractivity contribution in [3.05, 3.63) is 59.2 Å². The highest BCUT2D eigenvalue weighted by molar-refractivity contribution is 5.96. The lowest BCUT2D eigenvalue weighted by atomic mass is 9.94. The Morgan fingerprint density at radius 1 is 1.00 bits per heavy atom. The summed E-state index contributed by atoms with van der Waals surface area (Å²) in [5.41, 5.74) is 1.58. The van der Waals surface area contributed by atoms with E-state index in [1.165, 1.54) is 32.4 Å². The number of phenolic OH excluding ortho intramolecular Hbond substituents is 2. The molecule has 0 unspecified atom stereocenters. The van der Waals surface area contributed by atoms with Crippen LogP contribution in [0.5, 0.6) is 11.5 Å². The highest BCUT2D eigenvalue weighted by Crippen LogP contribution is 2.42. The molecule has 0 radical (unpaired) electrons. The number of hydrogen-bond donors (Lipinski definition) is 2. The minimum Gasteiger partial charge on any atom is -0.507 e. The number of carbonyl (C=O) groups excluding carboxylic acids is 1. The quantitative estimate of drug-likeness (QED) is 0.632. The molecule has 0 atom stereocenters. The van der Waals surface area contributed by atoms with Crippen LogP contribution >= 0.6 is 0 Å². The molecular formula is C18H20O5. The third-order valence-electron chi connectivity index (χ3n) is 3.83. The van der Waals surface area contributed by atoms with E-state index in [-0.39, 0.29) is 29.3 Å². The second-order valence-electron chi connectivity index (χ2n) is 5.30. The Bertz CT molecular complexity index is 667. The number of ether oxygens (including phenoxy) is 2. The molecule has 122 valence electrons. The lowest BCUT2D eigenvalue weighted by Gasteiger charge is -2.31. The molecule has 23 heavy (non-hydrogen) atoms. The molecule has 0 aromatic heterocycles. The molecule has 0 fully saturated rings. The van der Waals surface area contributed by atoms with Gasteiger partial charge < -0.3 is 19.7 Å². The predicted molar refractivity (Wildman–Crippen MR) is 85.6 cm³/mol. The highest BCUT2D eigenvalue weighted by atomic mass is 16.7. The number of methoxy groups -OCH3 is 2. The Hall–Kier alpha value is -2.37. The third-order valence-corrected chi connectivity index (χ3v) is 3.83. The molecule has 5 heteroatoms. The minimum atomic E-state index is -1.57. The van der Waals surface area contributed by atoms with E-state index in [1.54, 1.807) is 12.1 Å². The van der Waals surface area contributed by atoms with Crippen LogP contribution in [0.1, 0.15) is 27.9 Å². The summed E-state index contributed by atoms with van der Waals surface area (Å²) >= 11 is 0. The van der Waals surface area contributed by atoms with Crippen molar-refractivity contribution in [2.24, 2.45) is 0 Å². The Kier molecular flexibility index (Phi) is 5.03. The number of phenols is 2. The summed E-state index contributed by atoms with van der Waals surface area (Å²) < 4.78 is 10.8. The van der Waals surface area contributed by atoms with E-state index in [9.17, 15) is 15.0 Å². The molecule has 0 amide bonds. The average molecular weight is 316 g/mol. The van der Waals surface area contributed by atoms with Crippen LogP contribution in [0.4, 0.5) is 0 Å². The van der Waals surface area contributed by atoms with Gasteiger partial charge in [0, 0.05) is 19.8 Å². The Morgan fingerprint density at radius 3 is 2.00 bits per heavy atom. The van der Waals surface area contributed by atoms with Crippen molar-refractivity contribution in [2.45, 2.75) is 19.1 Å². The van der Waals surface area contributed by atoms with Gasteiger partial charge in [-0.1, -0.05) is 35.9 Å². The normalized spacial score (nSPS) is 11.4. The van der Waals surface area contributed by atoms with Crippen molar-refractivity contribution in [3.8, 4) is 11.5 Å². The van der Waals surface area contributed by atoms with E-state index >= 15 is 0 Å². The van der Waals surface area contributed by atoms with Crippen LogP contribution in [0.15, 0.2) is 42.5 Å². The Balaban J connectivity index is 2.41. The molecule has 2 aromatic rings. The molecule has 0 bridgehead atoms. The second-order valence-corrected chi connectivity index (χ2v) is 5.30. The van der Waals surface area contributed by atoms with Gasteiger partial charge in [0.05, 0.1) is 12.0 Å². The molecule has 0 heterocycles. The van der Waals surface area contributed by atoms with Crippen LogP contribution in [-0.4, -0.2) is 30.2 Å². The zero-order valence-corrected chi connectivity index (χ0v) is 13.4. The molecule has 0 spiro atoms. The molecule has 0 aliphatic heterocycles. The molecule has 2 rings (SSSR count). The van der Waals surface area contributed by atoms with Crippen LogP contribution < -0.4 is 0 Å². The van der Waals surface area contributed by atoms with Crippen molar-refractivity contribution in [1.82, 2.24) is 0 Å². The zero-order chi connectivity index (χ0) is 17.0. The van der Waals surface area contributed by atoms with Crippen molar-refractivity contribution in [1.29, 1.82) is 0 Å². The van der Waals surface area contributed by atoms with E-state index in [0.717, 1.165) is 5.56 Å². The van der Waals surface area contributed by atoms with Crippen molar-refractivity contribution >= 4 is 5.78 Å². The molecule has 2 aromatic carbocycles. The number of aryl methyl sites for hydroxylation is 1. The fourth-order valence-electron chi connectivity index (χ4n) is 2.49. The summed E-state index contributed by atoms with van der Waals surface area (Å²) in [6, 6.07) is 11.4. The van der Waals surface area contributed by atoms with Gasteiger partial charge in [-0.15, -0.1) is 0 Å². The topological polar surface area (TPSA) is 76.0 Å². The monoisotopic (exact) mass is 316 g/mol. The molecular weight excluding hydrogens is 296 g/mol.